The standard InChI is InChI=1S/C12H22N2O/c1-11(2,5-4-7-13)9-14-12(3)6-8-15-10-12/h14H,4-6,8-10H2,1-3H3. The molecule has 1 heterocycles. The Kier molecular flexibility index (Phi) is 4.12. The van der Waals surface area contributed by atoms with Crippen molar-refractivity contribution in [3.05, 3.63) is 0 Å². The van der Waals surface area contributed by atoms with E-state index in [9.17, 15) is 0 Å². The first kappa shape index (κ1) is 12.5. The zero-order chi connectivity index (χ0) is 11.4. The fourth-order valence-electron chi connectivity index (χ4n) is 1.74. The number of hydrogen-bond donors (Lipinski definition) is 1. The molecule has 1 fully saturated rings. The van der Waals surface area contributed by atoms with Crippen LogP contribution in [0.4, 0.5) is 0 Å². The van der Waals surface area contributed by atoms with Crippen LogP contribution in [-0.4, -0.2) is 25.3 Å². The molecule has 1 N–H and O–H groups in total. The van der Waals surface area contributed by atoms with Gasteiger partial charge in [-0.25, -0.2) is 0 Å². The van der Waals surface area contributed by atoms with Crippen LogP contribution in [0.2, 0.25) is 0 Å². The molecule has 15 heavy (non-hydrogen) atoms. The van der Waals surface area contributed by atoms with Crippen molar-refractivity contribution in [3.63, 3.8) is 0 Å². The van der Waals surface area contributed by atoms with Gasteiger partial charge in [0.25, 0.3) is 0 Å². The molecule has 0 amide bonds. The van der Waals surface area contributed by atoms with Crippen LogP contribution in [0.25, 0.3) is 0 Å². The molecule has 86 valence electrons. The monoisotopic (exact) mass is 210 g/mol. The maximum absolute atomic E-state index is 8.57. The number of nitrogens with one attached hydrogen (secondary N) is 1. The smallest absolute Gasteiger partial charge is 0.0646 e. The molecule has 0 bridgehead atoms. The van der Waals surface area contributed by atoms with Gasteiger partial charge < -0.3 is 10.1 Å². The number of nitriles is 1. The van der Waals surface area contributed by atoms with Gasteiger partial charge in [0.1, 0.15) is 0 Å². The largest absolute Gasteiger partial charge is 0.379 e. The fraction of sp³-hybridized carbons (Fsp3) is 0.917. The topological polar surface area (TPSA) is 45.0 Å². The van der Waals surface area contributed by atoms with Crippen LogP contribution in [0.5, 0.6) is 0 Å². The summed E-state index contributed by atoms with van der Waals surface area (Å²) in [7, 11) is 0. The van der Waals surface area contributed by atoms with Gasteiger partial charge in [0.15, 0.2) is 0 Å². The van der Waals surface area contributed by atoms with Crippen LogP contribution >= 0.6 is 0 Å². The lowest BCUT2D eigenvalue weighted by atomic mass is 9.86. The second-order valence-electron chi connectivity index (χ2n) is 5.54. The molecule has 0 aliphatic carbocycles. The zero-order valence-electron chi connectivity index (χ0n) is 10.1. The van der Waals surface area contributed by atoms with Crippen LogP contribution in [0.1, 0.15) is 40.0 Å². The van der Waals surface area contributed by atoms with E-state index in [1.807, 2.05) is 0 Å². The van der Waals surface area contributed by atoms with Gasteiger partial charge in [-0.05, 0) is 25.2 Å². The molecule has 1 aliphatic heterocycles. The van der Waals surface area contributed by atoms with E-state index in [-0.39, 0.29) is 11.0 Å². The van der Waals surface area contributed by atoms with Crippen molar-refractivity contribution in [1.82, 2.24) is 5.32 Å². The first-order valence-corrected chi connectivity index (χ1v) is 5.67. The molecule has 3 nitrogen and oxygen atoms in total. The lowest BCUT2D eigenvalue weighted by Gasteiger charge is -2.31. The molecule has 0 aromatic rings. The summed E-state index contributed by atoms with van der Waals surface area (Å²) < 4.78 is 5.39. The maximum atomic E-state index is 8.57. The molecule has 0 radical (unpaired) electrons. The molecular formula is C12H22N2O. The van der Waals surface area contributed by atoms with Gasteiger partial charge in [-0.1, -0.05) is 13.8 Å². The SMILES string of the molecule is CC(C)(CCC#N)CNC1(C)CCOC1. The van der Waals surface area contributed by atoms with Gasteiger partial charge in [-0.3, -0.25) is 0 Å². The highest BCUT2D eigenvalue weighted by molar-refractivity contribution is 4.89. The summed E-state index contributed by atoms with van der Waals surface area (Å²) >= 11 is 0. The van der Waals surface area contributed by atoms with E-state index in [1.165, 1.54) is 0 Å². The van der Waals surface area contributed by atoms with Gasteiger partial charge in [0.05, 0.1) is 12.7 Å². The molecule has 1 atom stereocenters. The summed E-state index contributed by atoms with van der Waals surface area (Å²) in [6.45, 7) is 9.24. The third kappa shape index (κ3) is 4.19. The Labute approximate surface area is 92.8 Å². The molecule has 0 saturated carbocycles. The second kappa shape index (κ2) is 4.96. The fourth-order valence-corrected chi connectivity index (χ4v) is 1.74. The van der Waals surface area contributed by atoms with E-state index >= 15 is 0 Å². The lowest BCUT2D eigenvalue weighted by Crippen LogP contribution is -2.47. The van der Waals surface area contributed by atoms with Gasteiger partial charge in [0, 0.05) is 25.1 Å². The van der Waals surface area contributed by atoms with Gasteiger partial charge in [0.2, 0.25) is 0 Å². The first-order chi connectivity index (χ1) is 6.97. The van der Waals surface area contributed by atoms with Crippen molar-refractivity contribution in [2.45, 2.75) is 45.6 Å². The van der Waals surface area contributed by atoms with E-state index in [0.29, 0.717) is 6.42 Å². The highest BCUT2D eigenvalue weighted by Gasteiger charge is 2.31. The second-order valence-corrected chi connectivity index (χ2v) is 5.54. The maximum Gasteiger partial charge on any atom is 0.0646 e. The summed E-state index contributed by atoms with van der Waals surface area (Å²) in [6, 6.07) is 2.21. The minimum Gasteiger partial charge on any atom is -0.379 e. The van der Waals surface area contributed by atoms with Crippen LogP contribution in [-0.2, 0) is 4.74 Å². The minimum atomic E-state index is 0.143. The Bertz CT molecular complexity index is 236. The molecular weight excluding hydrogens is 188 g/mol. The Morgan fingerprint density at radius 2 is 2.27 bits per heavy atom. The Morgan fingerprint density at radius 3 is 2.80 bits per heavy atom. The van der Waals surface area contributed by atoms with Crippen LogP contribution in [0, 0.1) is 16.7 Å². The molecule has 0 aromatic carbocycles. The summed E-state index contributed by atoms with van der Waals surface area (Å²) in [5, 5.41) is 12.1. The molecule has 3 heteroatoms. The highest BCUT2D eigenvalue weighted by atomic mass is 16.5. The lowest BCUT2D eigenvalue weighted by molar-refractivity contribution is 0.164. The predicted molar refractivity (Wildman–Crippen MR) is 60.5 cm³/mol. The molecule has 0 aromatic heterocycles. The normalized spacial score (nSPS) is 26.5. The highest BCUT2D eigenvalue weighted by Crippen LogP contribution is 2.24. The van der Waals surface area contributed by atoms with Crippen LogP contribution in [0.15, 0.2) is 0 Å². The van der Waals surface area contributed by atoms with Gasteiger partial charge >= 0.3 is 0 Å². The van der Waals surface area contributed by atoms with E-state index in [2.05, 4.69) is 32.2 Å². The van der Waals surface area contributed by atoms with Crippen molar-refractivity contribution >= 4 is 0 Å². The first-order valence-electron chi connectivity index (χ1n) is 5.67. The minimum absolute atomic E-state index is 0.143. The van der Waals surface area contributed by atoms with E-state index in [1.54, 1.807) is 0 Å². The number of rotatable bonds is 5. The number of nitrogens with zero attached hydrogens (tertiary/aromatic N) is 1. The van der Waals surface area contributed by atoms with Crippen LogP contribution in [0.3, 0.4) is 0 Å². The summed E-state index contributed by atoms with van der Waals surface area (Å²) in [4.78, 5) is 0. The van der Waals surface area contributed by atoms with Crippen molar-refractivity contribution < 1.29 is 4.74 Å². The van der Waals surface area contributed by atoms with E-state index in [0.717, 1.165) is 32.6 Å². The third-order valence-electron chi connectivity index (χ3n) is 3.13. The molecule has 1 saturated heterocycles. The van der Waals surface area contributed by atoms with Gasteiger partial charge in [-0.2, -0.15) is 5.26 Å². The van der Waals surface area contributed by atoms with Crippen LogP contribution < -0.4 is 5.32 Å². The average Bonchev–Trinajstić information content (AvgIpc) is 2.61. The van der Waals surface area contributed by atoms with E-state index < -0.39 is 0 Å². The summed E-state index contributed by atoms with van der Waals surface area (Å²) in [6.07, 6.45) is 2.68. The molecule has 0 spiro atoms. The quantitative estimate of drug-likeness (QED) is 0.755. The Hall–Kier alpha value is -0.590. The molecule has 1 aliphatic rings. The third-order valence-corrected chi connectivity index (χ3v) is 3.13. The Morgan fingerprint density at radius 1 is 1.53 bits per heavy atom. The Balaban J connectivity index is 2.31. The average molecular weight is 210 g/mol. The van der Waals surface area contributed by atoms with Crippen molar-refractivity contribution in [1.29, 1.82) is 5.26 Å². The summed E-state index contributed by atoms with van der Waals surface area (Å²) in [5.74, 6) is 0. The van der Waals surface area contributed by atoms with E-state index in [4.69, 9.17) is 10.00 Å². The van der Waals surface area contributed by atoms with Crippen molar-refractivity contribution in [2.75, 3.05) is 19.8 Å². The van der Waals surface area contributed by atoms with Gasteiger partial charge in [-0.15, -0.1) is 0 Å². The molecule has 1 unspecified atom stereocenters. The summed E-state index contributed by atoms with van der Waals surface area (Å²) in [5.41, 5.74) is 0.339. The number of hydrogen-bond acceptors (Lipinski definition) is 3. The van der Waals surface area contributed by atoms with Crippen molar-refractivity contribution in [2.24, 2.45) is 5.41 Å². The predicted octanol–water partition coefficient (Wildman–Crippen LogP) is 2.08. The molecule has 1 rings (SSSR count). The number of ether oxygens (including phenoxy) is 1. The van der Waals surface area contributed by atoms with Crippen molar-refractivity contribution in [3.8, 4) is 6.07 Å². The zero-order valence-corrected chi connectivity index (χ0v) is 10.1.